The second-order valence-electron chi connectivity index (χ2n) is 5.71. The second-order valence-corrected chi connectivity index (χ2v) is 5.71. The third-order valence-corrected chi connectivity index (χ3v) is 4.07. The Labute approximate surface area is 141 Å². The molecule has 1 aromatic rings. The summed E-state index contributed by atoms with van der Waals surface area (Å²) in [6, 6.07) is 5.09. The predicted octanol–water partition coefficient (Wildman–Crippen LogP) is 1.58. The molecule has 0 spiro atoms. The van der Waals surface area contributed by atoms with E-state index in [2.05, 4.69) is 10.6 Å². The molecule has 1 aliphatic carbocycles. The SMILES string of the molecule is COCCCNC(=O)C1(C(=O)Nc2ccc(OC)c(OC)c2)CC1. The van der Waals surface area contributed by atoms with E-state index < -0.39 is 5.41 Å². The van der Waals surface area contributed by atoms with E-state index in [9.17, 15) is 9.59 Å². The van der Waals surface area contributed by atoms with Crippen molar-refractivity contribution in [2.24, 2.45) is 5.41 Å². The highest BCUT2D eigenvalue weighted by atomic mass is 16.5. The standard InChI is InChI=1S/C17H24N2O5/c1-22-10-4-9-18-15(20)17(7-8-17)16(21)19-12-5-6-13(23-2)14(11-12)24-3/h5-6,11H,4,7-10H2,1-3H3,(H,18,20)(H,19,21). The van der Waals surface area contributed by atoms with Crippen LogP contribution in [-0.2, 0) is 14.3 Å². The van der Waals surface area contributed by atoms with Gasteiger partial charge in [0.25, 0.3) is 0 Å². The predicted molar refractivity (Wildman–Crippen MR) is 89.3 cm³/mol. The second kappa shape index (κ2) is 8.01. The molecule has 0 unspecified atom stereocenters. The normalized spacial score (nSPS) is 14.6. The van der Waals surface area contributed by atoms with Crippen LogP contribution in [0.3, 0.4) is 0 Å². The van der Waals surface area contributed by atoms with Crippen molar-refractivity contribution in [1.29, 1.82) is 0 Å². The quantitative estimate of drug-likeness (QED) is 0.528. The van der Waals surface area contributed by atoms with Crippen LogP contribution in [0.2, 0.25) is 0 Å². The number of ether oxygens (including phenoxy) is 3. The lowest BCUT2D eigenvalue weighted by Gasteiger charge is -2.16. The number of methoxy groups -OCH3 is 3. The highest BCUT2D eigenvalue weighted by Gasteiger charge is 2.56. The summed E-state index contributed by atoms with van der Waals surface area (Å²) in [6.07, 6.45) is 1.83. The van der Waals surface area contributed by atoms with Crippen LogP contribution >= 0.6 is 0 Å². The van der Waals surface area contributed by atoms with Gasteiger partial charge in [-0.05, 0) is 31.4 Å². The number of rotatable bonds is 9. The van der Waals surface area contributed by atoms with Crippen molar-refractivity contribution >= 4 is 17.5 Å². The summed E-state index contributed by atoms with van der Waals surface area (Å²) < 4.78 is 15.3. The van der Waals surface area contributed by atoms with Gasteiger partial charge >= 0.3 is 0 Å². The van der Waals surface area contributed by atoms with E-state index in [-0.39, 0.29) is 11.8 Å². The smallest absolute Gasteiger partial charge is 0.240 e. The van der Waals surface area contributed by atoms with Crippen molar-refractivity contribution in [3.05, 3.63) is 18.2 Å². The van der Waals surface area contributed by atoms with Crippen LogP contribution in [0.4, 0.5) is 5.69 Å². The number of amides is 2. The molecular weight excluding hydrogens is 312 g/mol. The van der Waals surface area contributed by atoms with E-state index >= 15 is 0 Å². The van der Waals surface area contributed by atoms with Gasteiger partial charge in [0.15, 0.2) is 11.5 Å². The molecule has 1 aromatic carbocycles. The van der Waals surface area contributed by atoms with E-state index in [1.54, 1.807) is 32.4 Å². The molecule has 2 amide bonds. The lowest BCUT2D eigenvalue weighted by atomic mass is 10.0. The number of carbonyl (C=O) groups is 2. The molecule has 0 radical (unpaired) electrons. The monoisotopic (exact) mass is 336 g/mol. The fourth-order valence-corrected chi connectivity index (χ4v) is 2.43. The Hall–Kier alpha value is -2.28. The van der Waals surface area contributed by atoms with Crippen LogP contribution in [0, 0.1) is 5.41 Å². The lowest BCUT2D eigenvalue weighted by molar-refractivity contribution is -0.134. The maximum atomic E-state index is 12.5. The first-order chi connectivity index (χ1) is 11.6. The molecule has 0 aromatic heterocycles. The molecular formula is C17H24N2O5. The molecule has 1 fully saturated rings. The average molecular weight is 336 g/mol. The molecule has 1 aliphatic rings. The van der Waals surface area contributed by atoms with Gasteiger partial charge in [-0.15, -0.1) is 0 Å². The Balaban J connectivity index is 1.97. The van der Waals surface area contributed by atoms with Crippen LogP contribution in [0.5, 0.6) is 11.5 Å². The van der Waals surface area contributed by atoms with Crippen molar-refractivity contribution in [2.45, 2.75) is 19.3 Å². The molecule has 7 heteroatoms. The van der Waals surface area contributed by atoms with Crippen LogP contribution in [0.25, 0.3) is 0 Å². The number of nitrogens with one attached hydrogen (secondary N) is 2. The van der Waals surface area contributed by atoms with Crippen molar-refractivity contribution in [3.63, 3.8) is 0 Å². The first-order valence-corrected chi connectivity index (χ1v) is 7.88. The lowest BCUT2D eigenvalue weighted by Crippen LogP contribution is -2.40. The number of hydrogen-bond acceptors (Lipinski definition) is 5. The van der Waals surface area contributed by atoms with Gasteiger partial charge in [0.05, 0.1) is 14.2 Å². The minimum Gasteiger partial charge on any atom is -0.493 e. The molecule has 0 atom stereocenters. The van der Waals surface area contributed by atoms with Crippen LogP contribution < -0.4 is 20.1 Å². The summed E-state index contributed by atoms with van der Waals surface area (Å²) in [5.74, 6) is 0.576. The Kier molecular flexibility index (Phi) is 6.03. The highest BCUT2D eigenvalue weighted by molar-refractivity contribution is 6.13. The van der Waals surface area contributed by atoms with Gasteiger partial charge < -0.3 is 24.8 Å². The van der Waals surface area contributed by atoms with Crippen LogP contribution in [-0.4, -0.2) is 46.3 Å². The maximum Gasteiger partial charge on any atom is 0.240 e. The third kappa shape index (κ3) is 3.97. The first kappa shape index (κ1) is 18.1. The Morgan fingerprint density at radius 3 is 2.38 bits per heavy atom. The van der Waals surface area contributed by atoms with Crippen LogP contribution in [0.1, 0.15) is 19.3 Å². The number of anilines is 1. The number of hydrogen-bond donors (Lipinski definition) is 2. The molecule has 1 saturated carbocycles. The van der Waals surface area contributed by atoms with Crippen molar-refractivity contribution in [1.82, 2.24) is 5.32 Å². The fraction of sp³-hybridized carbons (Fsp3) is 0.529. The first-order valence-electron chi connectivity index (χ1n) is 7.88. The summed E-state index contributed by atoms with van der Waals surface area (Å²) in [5.41, 5.74) is -0.392. The average Bonchev–Trinajstić information content (AvgIpc) is 3.40. The van der Waals surface area contributed by atoms with Gasteiger partial charge in [0.2, 0.25) is 11.8 Å². The Bertz CT molecular complexity index is 599. The molecule has 2 N–H and O–H groups in total. The van der Waals surface area contributed by atoms with E-state index in [0.717, 1.165) is 6.42 Å². The van der Waals surface area contributed by atoms with E-state index in [4.69, 9.17) is 14.2 Å². The summed E-state index contributed by atoms with van der Waals surface area (Å²) in [4.78, 5) is 24.8. The maximum absolute atomic E-state index is 12.5. The topological polar surface area (TPSA) is 85.9 Å². The van der Waals surface area contributed by atoms with Gasteiger partial charge in [-0.2, -0.15) is 0 Å². The fourth-order valence-electron chi connectivity index (χ4n) is 2.43. The van der Waals surface area contributed by atoms with Crippen molar-refractivity contribution < 1.29 is 23.8 Å². The Morgan fingerprint density at radius 2 is 1.79 bits per heavy atom. The van der Waals surface area contributed by atoms with Gasteiger partial charge in [0, 0.05) is 32.0 Å². The summed E-state index contributed by atoms with van der Waals surface area (Å²) in [5, 5.41) is 5.60. The van der Waals surface area contributed by atoms with Gasteiger partial charge in [0.1, 0.15) is 5.41 Å². The zero-order valence-corrected chi connectivity index (χ0v) is 14.3. The highest BCUT2D eigenvalue weighted by Crippen LogP contribution is 2.47. The summed E-state index contributed by atoms with van der Waals surface area (Å²) in [6.45, 7) is 1.07. The number of benzene rings is 1. The largest absolute Gasteiger partial charge is 0.493 e. The van der Waals surface area contributed by atoms with Crippen molar-refractivity contribution in [2.75, 3.05) is 39.8 Å². The third-order valence-electron chi connectivity index (χ3n) is 4.07. The van der Waals surface area contributed by atoms with Gasteiger partial charge in [-0.3, -0.25) is 9.59 Å². The zero-order chi connectivity index (χ0) is 17.6. The molecule has 2 rings (SSSR count). The zero-order valence-electron chi connectivity index (χ0n) is 14.3. The Morgan fingerprint density at radius 1 is 1.08 bits per heavy atom. The summed E-state index contributed by atoms with van der Waals surface area (Å²) in [7, 11) is 4.68. The van der Waals surface area contributed by atoms with Crippen molar-refractivity contribution in [3.8, 4) is 11.5 Å². The molecule has 132 valence electrons. The van der Waals surface area contributed by atoms with Gasteiger partial charge in [-0.25, -0.2) is 0 Å². The minimum absolute atomic E-state index is 0.225. The summed E-state index contributed by atoms with van der Waals surface area (Å²) >= 11 is 0. The van der Waals surface area contributed by atoms with E-state index in [1.807, 2.05) is 0 Å². The van der Waals surface area contributed by atoms with Gasteiger partial charge in [-0.1, -0.05) is 0 Å². The molecule has 0 saturated heterocycles. The van der Waals surface area contributed by atoms with Crippen LogP contribution in [0.15, 0.2) is 18.2 Å². The molecule has 0 bridgehead atoms. The molecule has 7 nitrogen and oxygen atoms in total. The number of carbonyl (C=O) groups excluding carboxylic acids is 2. The van der Waals surface area contributed by atoms with E-state index in [0.29, 0.717) is 43.2 Å². The molecule has 0 aliphatic heterocycles. The molecule has 24 heavy (non-hydrogen) atoms. The minimum atomic E-state index is -0.958. The molecule has 0 heterocycles. The van der Waals surface area contributed by atoms with E-state index in [1.165, 1.54) is 7.11 Å².